The van der Waals surface area contributed by atoms with Crippen LogP contribution in [0, 0.1) is 32.8 Å². The number of hydrogen-bond donors (Lipinski definition) is 1. The summed E-state index contributed by atoms with van der Waals surface area (Å²) < 4.78 is 0. The first-order valence-corrected chi connectivity index (χ1v) is 12.2. The fourth-order valence-corrected chi connectivity index (χ4v) is 5.46. The van der Waals surface area contributed by atoms with E-state index in [-0.39, 0.29) is 28.6 Å². The Kier molecular flexibility index (Phi) is 6.17. The maximum atomic E-state index is 13.5. The second-order valence-corrected chi connectivity index (χ2v) is 11.1. The molecule has 0 unspecified atom stereocenters. The summed E-state index contributed by atoms with van der Waals surface area (Å²) in [6.07, 6.45) is 9.57. The molecule has 4 rings (SSSR count). The molecular formula is C27H36N4O3. The Labute approximate surface area is 202 Å². The molecule has 3 aliphatic rings. The van der Waals surface area contributed by atoms with E-state index >= 15 is 0 Å². The van der Waals surface area contributed by atoms with Crippen LogP contribution in [0.4, 0.5) is 11.4 Å². The molecule has 0 bridgehead atoms. The van der Waals surface area contributed by atoms with E-state index in [0.717, 1.165) is 19.3 Å². The van der Waals surface area contributed by atoms with Crippen molar-refractivity contribution in [1.82, 2.24) is 5.01 Å². The molecule has 1 aliphatic heterocycles. The van der Waals surface area contributed by atoms with Gasteiger partial charge in [0.15, 0.2) is 0 Å². The molecule has 1 aromatic carbocycles. The molecule has 182 valence electrons. The summed E-state index contributed by atoms with van der Waals surface area (Å²) in [6, 6.07) is 4.36. The third-order valence-electron chi connectivity index (χ3n) is 8.86. The van der Waals surface area contributed by atoms with Gasteiger partial charge in [-0.25, -0.2) is 5.01 Å². The van der Waals surface area contributed by atoms with Crippen molar-refractivity contribution in [3.63, 3.8) is 0 Å². The highest BCUT2D eigenvalue weighted by molar-refractivity contribution is 6.02. The first-order valence-electron chi connectivity index (χ1n) is 12.2. The smallest absolute Gasteiger partial charge is 0.278 e. The number of anilines is 1. The van der Waals surface area contributed by atoms with Crippen LogP contribution in [-0.4, -0.2) is 28.2 Å². The minimum absolute atomic E-state index is 0.0279. The number of amides is 1. The summed E-state index contributed by atoms with van der Waals surface area (Å²) in [5.41, 5.74) is 3.81. The highest BCUT2D eigenvalue weighted by Crippen LogP contribution is 2.47. The molecule has 0 aromatic heterocycles. The lowest BCUT2D eigenvalue weighted by Gasteiger charge is -2.39. The van der Waals surface area contributed by atoms with Gasteiger partial charge in [0.1, 0.15) is 6.17 Å². The molecule has 7 nitrogen and oxygen atoms in total. The lowest BCUT2D eigenvalue weighted by Crippen LogP contribution is -2.47. The van der Waals surface area contributed by atoms with E-state index in [1.54, 1.807) is 5.01 Å². The molecule has 2 aliphatic carbocycles. The molecule has 0 radical (unpaired) electrons. The average molecular weight is 465 g/mol. The number of nitro groups is 1. The van der Waals surface area contributed by atoms with Crippen LogP contribution in [-0.2, 0) is 0 Å². The van der Waals surface area contributed by atoms with Crippen molar-refractivity contribution < 1.29 is 9.72 Å². The van der Waals surface area contributed by atoms with E-state index in [2.05, 4.69) is 64.1 Å². The molecule has 3 atom stereocenters. The summed E-state index contributed by atoms with van der Waals surface area (Å²) >= 11 is 0. The minimum atomic E-state index is -0.432. The third kappa shape index (κ3) is 4.17. The zero-order valence-corrected chi connectivity index (χ0v) is 21.1. The van der Waals surface area contributed by atoms with Crippen LogP contribution < -0.4 is 5.32 Å². The maximum absolute atomic E-state index is 13.5. The number of benzene rings is 1. The van der Waals surface area contributed by atoms with Gasteiger partial charge in [-0.2, -0.15) is 5.10 Å². The molecule has 1 amide bonds. The molecule has 1 N–H and O–H groups in total. The maximum Gasteiger partial charge on any atom is 0.278 e. The highest BCUT2D eigenvalue weighted by Gasteiger charge is 2.41. The van der Waals surface area contributed by atoms with E-state index in [1.165, 1.54) is 29.3 Å². The van der Waals surface area contributed by atoms with Crippen molar-refractivity contribution in [3.8, 4) is 0 Å². The topological polar surface area (TPSA) is 87.8 Å². The van der Waals surface area contributed by atoms with Crippen molar-refractivity contribution in [3.05, 3.63) is 57.2 Å². The number of nitrogens with zero attached hydrogens (tertiary/aromatic N) is 3. The lowest BCUT2D eigenvalue weighted by molar-refractivity contribution is -0.384. The molecule has 0 saturated heterocycles. The fourth-order valence-electron chi connectivity index (χ4n) is 5.46. The SMILES string of the molecule is CC1=CC[C@@H](C/C=N\N2C(=O)c3ccc([N+](=O)[O-])cc3N[C@H]2C[C@@H]2CC=C(C)C2(C)C)C1(C)C. The van der Waals surface area contributed by atoms with Crippen LogP contribution in [0.3, 0.4) is 0 Å². The van der Waals surface area contributed by atoms with E-state index in [9.17, 15) is 14.9 Å². The number of carbonyl (C=O) groups excluding carboxylic acids is 1. The van der Waals surface area contributed by atoms with Gasteiger partial charge in [-0.05, 0) is 68.3 Å². The van der Waals surface area contributed by atoms with Gasteiger partial charge in [-0.1, -0.05) is 51.0 Å². The van der Waals surface area contributed by atoms with Gasteiger partial charge in [0.05, 0.1) is 16.2 Å². The summed E-state index contributed by atoms with van der Waals surface area (Å²) in [7, 11) is 0. The van der Waals surface area contributed by atoms with Crippen LogP contribution in [0.2, 0.25) is 0 Å². The van der Waals surface area contributed by atoms with Crippen LogP contribution in [0.25, 0.3) is 0 Å². The van der Waals surface area contributed by atoms with Crippen LogP contribution in [0.5, 0.6) is 0 Å². The zero-order chi connectivity index (χ0) is 24.8. The average Bonchev–Trinajstić information content (AvgIpc) is 3.18. The standard InChI is InChI=1S/C27H36N4O3/c1-17-7-9-19(26(17,3)4)13-14-28-30-24(15-20-10-8-18(2)27(20,5)6)29-23-16-21(31(33)34)11-12-22(23)25(30)32/h7-8,11-12,14,16,19-20,24,29H,9-10,13,15H2,1-6H3/b28-14-/t19-,20-,24+/m0/s1. The Morgan fingerprint density at radius 1 is 1.12 bits per heavy atom. The first-order chi connectivity index (χ1) is 15.9. The molecule has 1 aromatic rings. The Morgan fingerprint density at radius 3 is 2.29 bits per heavy atom. The summed E-state index contributed by atoms with van der Waals surface area (Å²) in [5, 5.41) is 21.0. The van der Waals surface area contributed by atoms with E-state index < -0.39 is 4.92 Å². The van der Waals surface area contributed by atoms with Crippen LogP contribution in [0.15, 0.2) is 46.6 Å². The van der Waals surface area contributed by atoms with Crippen LogP contribution in [0.1, 0.15) is 77.6 Å². The molecule has 1 heterocycles. The second-order valence-electron chi connectivity index (χ2n) is 11.1. The Balaban J connectivity index is 1.60. The lowest BCUT2D eigenvalue weighted by atomic mass is 9.75. The van der Waals surface area contributed by atoms with Gasteiger partial charge in [0.2, 0.25) is 0 Å². The number of allylic oxidation sites excluding steroid dienone is 4. The summed E-state index contributed by atoms with van der Waals surface area (Å²) in [4.78, 5) is 24.4. The van der Waals surface area contributed by atoms with Gasteiger partial charge < -0.3 is 5.32 Å². The number of nitrogens with one attached hydrogen (secondary N) is 1. The number of fused-ring (bicyclic) bond motifs is 1. The van der Waals surface area contributed by atoms with Gasteiger partial charge in [0, 0.05) is 18.3 Å². The molecule has 0 fully saturated rings. The Hall–Kier alpha value is -2.96. The largest absolute Gasteiger partial charge is 0.363 e. The van der Waals surface area contributed by atoms with Gasteiger partial charge in [-0.3, -0.25) is 14.9 Å². The van der Waals surface area contributed by atoms with E-state index in [0.29, 0.717) is 29.5 Å². The monoisotopic (exact) mass is 464 g/mol. The molecule has 0 saturated carbocycles. The van der Waals surface area contributed by atoms with Crippen molar-refractivity contribution in [2.75, 3.05) is 5.32 Å². The zero-order valence-electron chi connectivity index (χ0n) is 21.1. The van der Waals surface area contributed by atoms with E-state index in [1.807, 2.05) is 6.21 Å². The number of hydrazone groups is 1. The van der Waals surface area contributed by atoms with Crippen molar-refractivity contribution in [2.45, 2.75) is 73.4 Å². The quantitative estimate of drug-likeness (QED) is 0.224. The fraction of sp³-hybridized carbons (Fsp3) is 0.556. The van der Waals surface area contributed by atoms with Gasteiger partial charge in [0.25, 0.3) is 11.6 Å². The Morgan fingerprint density at radius 2 is 1.74 bits per heavy atom. The number of rotatable bonds is 6. The van der Waals surface area contributed by atoms with Crippen molar-refractivity contribution in [2.24, 2.45) is 27.8 Å². The predicted molar refractivity (Wildman–Crippen MR) is 136 cm³/mol. The normalized spacial score (nSPS) is 27.4. The molecular weight excluding hydrogens is 428 g/mol. The van der Waals surface area contributed by atoms with Crippen molar-refractivity contribution in [1.29, 1.82) is 0 Å². The van der Waals surface area contributed by atoms with Crippen LogP contribution >= 0.6 is 0 Å². The second kappa shape index (κ2) is 8.67. The van der Waals surface area contributed by atoms with E-state index in [4.69, 9.17) is 0 Å². The predicted octanol–water partition coefficient (Wildman–Crippen LogP) is 6.54. The molecule has 0 spiro atoms. The van der Waals surface area contributed by atoms with Gasteiger partial charge in [-0.15, -0.1) is 0 Å². The third-order valence-corrected chi connectivity index (χ3v) is 8.86. The van der Waals surface area contributed by atoms with Crippen molar-refractivity contribution >= 4 is 23.5 Å². The number of nitro benzene ring substituents is 1. The summed E-state index contributed by atoms with van der Waals surface area (Å²) in [5.74, 6) is 0.583. The molecule has 34 heavy (non-hydrogen) atoms. The highest BCUT2D eigenvalue weighted by atomic mass is 16.6. The summed E-state index contributed by atoms with van der Waals surface area (Å²) in [6.45, 7) is 13.4. The number of carbonyl (C=O) groups is 1. The van der Waals surface area contributed by atoms with Gasteiger partial charge >= 0.3 is 0 Å². The first kappa shape index (κ1) is 24.2. The number of non-ortho nitro benzene ring substituents is 1. The minimum Gasteiger partial charge on any atom is -0.363 e. The molecule has 7 heteroatoms. The number of hydrogen-bond acceptors (Lipinski definition) is 5. The Bertz CT molecular complexity index is 1100.